The predicted octanol–water partition coefficient (Wildman–Crippen LogP) is 3.11. The highest BCUT2D eigenvalue weighted by Crippen LogP contribution is 2.24. The molecule has 1 aliphatic heterocycles. The van der Waals surface area contributed by atoms with Crippen LogP contribution in [0.2, 0.25) is 0 Å². The van der Waals surface area contributed by atoms with E-state index in [1.54, 1.807) is 35.8 Å². The summed E-state index contributed by atoms with van der Waals surface area (Å²) in [6, 6.07) is 15.1. The Labute approximate surface area is 168 Å². The van der Waals surface area contributed by atoms with Gasteiger partial charge in [0.15, 0.2) is 15.0 Å². The van der Waals surface area contributed by atoms with Crippen LogP contribution in [-0.4, -0.2) is 53.8 Å². The molecule has 1 aliphatic rings. The van der Waals surface area contributed by atoms with Crippen molar-refractivity contribution >= 4 is 38.5 Å². The van der Waals surface area contributed by atoms with Crippen molar-refractivity contribution in [1.82, 2.24) is 14.9 Å². The fraction of sp³-hybridized carbons (Fsp3) is 0.300. The van der Waals surface area contributed by atoms with E-state index in [1.807, 2.05) is 36.4 Å². The lowest BCUT2D eigenvalue weighted by Gasteiger charge is -2.23. The molecule has 4 rings (SSSR count). The number of hydrogen-bond donors (Lipinski definition) is 1. The van der Waals surface area contributed by atoms with Crippen molar-refractivity contribution < 1.29 is 13.2 Å². The number of rotatable bonds is 5. The summed E-state index contributed by atoms with van der Waals surface area (Å²) in [4.78, 5) is 22.0. The maximum Gasteiger partial charge on any atom is 0.253 e. The number of aromatic nitrogens is 2. The lowest BCUT2D eigenvalue weighted by Crippen LogP contribution is -2.37. The molecule has 8 heteroatoms. The number of nitrogens with zero attached hydrogens (tertiary/aromatic N) is 2. The van der Waals surface area contributed by atoms with Gasteiger partial charge in [-0.25, -0.2) is 13.4 Å². The van der Waals surface area contributed by atoms with Crippen LogP contribution in [0.4, 0.5) is 0 Å². The molecule has 146 valence electrons. The Morgan fingerprint density at radius 2 is 1.96 bits per heavy atom. The Hall–Kier alpha value is -2.32. The summed E-state index contributed by atoms with van der Waals surface area (Å²) in [6.07, 6.45) is 0.511. The molecule has 1 fully saturated rings. The van der Waals surface area contributed by atoms with Crippen LogP contribution in [-0.2, 0) is 15.6 Å². The standard InChI is InChI=1S/C20H21N3O3S2/c1-23(16-10-11-28(25,26)13-16)19(24)15-8-6-14(7-9-15)12-27-20-21-17-4-2-3-5-18(17)22-20/h2-9,16H,10-13H2,1H3,(H,21,22)/t16-/m0/s1. The molecule has 1 amide bonds. The molecule has 0 bridgehead atoms. The molecule has 0 aliphatic carbocycles. The van der Waals surface area contributed by atoms with Crippen LogP contribution in [0.5, 0.6) is 0 Å². The molecule has 28 heavy (non-hydrogen) atoms. The Balaban J connectivity index is 1.38. The molecule has 3 aromatic rings. The maximum atomic E-state index is 12.6. The minimum Gasteiger partial charge on any atom is -0.338 e. The summed E-state index contributed by atoms with van der Waals surface area (Å²) in [7, 11) is -1.33. The van der Waals surface area contributed by atoms with E-state index in [4.69, 9.17) is 0 Å². The zero-order valence-electron chi connectivity index (χ0n) is 15.5. The third kappa shape index (κ3) is 4.07. The average Bonchev–Trinajstić information content (AvgIpc) is 3.28. The second-order valence-corrected chi connectivity index (χ2v) is 10.2. The Kier molecular flexibility index (Phi) is 5.16. The third-order valence-corrected chi connectivity index (χ3v) is 7.72. The summed E-state index contributed by atoms with van der Waals surface area (Å²) in [5, 5.41) is 0.864. The molecule has 0 spiro atoms. The van der Waals surface area contributed by atoms with Crippen LogP contribution in [0.1, 0.15) is 22.3 Å². The van der Waals surface area contributed by atoms with Gasteiger partial charge in [0, 0.05) is 24.4 Å². The predicted molar refractivity (Wildman–Crippen MR) is 111 cm³/mol. The summed E-state index contributed by atoms with van der Waals surface area (Å²) < 4.78 is 23.3. The number of imidazole rings is 1. The largest absolute Gasteiger partial charge is 0.338 e. The van der Waals surface area contributed by atoms with E-state index in [1.165, 1.54) is 0 Å². The molecule has 1 aromatic heterocycles. The monoisotopic (exact) mass is 415 g/mol. The fourth-order valence-electron chi connectivity index (χ4n) is 3.34. The smallest absolute Gasteiger partial charge is 0.253 e. The molecule has 2 aromatic carbocycles. The van der Waals surface area contributed by atoms with Crippen molar-refractivity contribution in [2.24, 2.45) is 0 Å². The first-order chi connectivity index (χ1) is 13.4. The number of hydrogen-bond acceptors (Lipinski definition) is 5. The SMILES string of the molecule is CN(C(=O)c1ccc(CSc2nc3ccccc3[nH]2)cc1)[C@H]1CCS(=O)(=O)C1. The number of aromatic amines is 1. The highest BCUT2D eigenvalue weighted by atomic mass is 32.2. The highest BCUT2D eigenvalue weighted by Gasteiger charge is 2.32. The molecule has 0 unspecified atom stereocenters. The Morgan fingerprint density at radius 1 is 1.21 bits per heavy atom. The maximum absolute atomic E-state index is 12.6. The van der Waals surface area contributed by atoms with Crippen LogP contribution < -0.4 is 0 Å². The highest BCUT2D eigenvalue weighted by molar-refractivity contribution is 7.98. The van der Waals surface area contributed by atoms with Gasteiger partial charge in [-0.05, 0) is 36.2 Å². The van der Waals surface area contributed by atoms with E-state index in [-0.39, 0.29) is 23.5 Å². The molecular weight excluding hydrogens is 394 g/mol. The average molecular weight is 416 g/mol. The van der Waals surface area contributed by atoms with Crippen LogP contribution in [0.15, 0.2) is 53.7 Å². The Bertz CT molecular complexity index is 1070. The van der Waals surface area contributed by atoms with Gasteiger partial charge in [-0.1, -0.05) is 36.0 Å². The number of fused-ring (bicyclic) bond motifs is 1. The van der Waals surface area contributed by atoms with E-state index in [0.29, 0.717) is 12.0 Å². The normalized spacial score (nSPS) is 18.4. The van der Waals surface area contributed by atoms with Gasteiger partial charge in [-0.3, -0.25) is 4.79 Å². The molecule has 1 atom stereocenters. The zero-order valence-corrected chi connectivity index (χ0v) is 17.1. The van der Waals surface area contributed by atoms with Gasteiger partial charge in [0.1, 0.15) is 0 Å². The van der Waals surface area contributed by atoms with Crippen LogP contribution in [0.25, 0.3) is 11.0 Å². The van der Waals surface area contributed by atoms with Crippen molar-refractivity contribution in [3.63, 3.8) is 0 Å². The van der Waals surface area contributed by atoms with Gasteiger partial charge < -0.3 is 9.88 Å². The van der Waals surface area contributed by atoms with Gasteiger partial charge in [0.05, 0.1) is 22.5 Å². The van der Waals surface area contributed by atoms with Gasteiger partial charge in [-0.15, -0.1) is 0 Å². The topological polar surface area (TPSA) is 83.1 Å². The van der Waals surface area contributed by atoms with Crippen LogP contribution >= 0.6 is 11.8 Å². The number of benzene rings is 2. The lowest BCUT2D eigenvalue weighted by atomic mass is 10.1. The molecule has 6 nitrogen and oxygen atoms in total. The number of para-hydroxylation sites is 2. The number of carbonyl (C=O) groups excluding carboxylic acids is 1. The molecular formula is C20H21N3O3S2. The van der Waals surface area contributed by atoms with Crippen LogP contribution in [0, 0.1) is 0 Å². The molecule has 1 saturated heterocycles. The first-order valence-corrected chi connectivity index (χ1v) is 11.9. The number of thioether (sulfide) groups is 1. The van der Waals surface area contributed by atoms with Crippen molar-refractivity contribution in [3.05, 3.63) is 59.7 Å². The second kappa shape index (κ2) is 7.60. The summed E-state index contributed by atoms with van der Waals surface area (Å²) in [6.45, 7) is 0. The minimum atomic E-state index is -3.01. The van der Waals surface area contributed by atoms with E-state index in [0.717, 1.165) is 27.5 Å². The van der Waals surface area contributed by atoms with E-state index in [9.17, 15) is 13.2 Å². The first-order valence-electron chi connectivity index (χ1n) is 9.05. The Morgan fingerprint density at radius 3 is 2.64 bits per heavy atom. The van der Waals surface area contributed by atoms with Crippen molar-refractivity contribution in [1.29, 1.82) is 0 Å². The molecule has 2 heterocycles. The quantitative estimate of drug-likeness (QED) is 0.648. The number of H-pyrrole nitrogens is 1. The molecule has 0 radical (unpaired) electrons. The van der Waals surface area contributed by atoms with Crippen molar-refractivity contribution in [3.8, 4) is 0 Å². The number of nitrogens with one attached hydrogen (secondary N) is 1. The molecule has 0 saturated carbocycles. The summed E-state index contributed by atoms with van der Waals surface area (Å²) in [5.74, 6) is 0.818. The number of sulfone groups is 1. The van der Waals surface area contributed by atoms with E-state index < -0.39 is 9.84 Å². The van der Waals surface area contributed by atoms with Gasteiger partial charge in [0.25, 0.3) is 5.91 Å². The lowest BCUT2D eigenvalue weighted by molar-refractivity contribution is 0.0747. The summed E-state index contributed by atoms with van der Waals surface area (Å²) in [5.41, 5.74) is 3.63. The molecule has 1 N–H and O–H groups in total. The van der Waals surface area contributed by atoms with E-state index >= 15 is 0 Å². The minimum absolute atomic E-state index is 0.0570. The van der Waals surface area contributed by atoms with Crippen LogP contribution in [0.3, 0.4) is 0 Å². The van der Waals surface area contributed by atoms with Crippen molar-refractivity contribution in [2.45, 2.75) is 23.4 Å². The van der Waals surface area contributed by atoms with Gasteiger partial charge in [0.2, 0.25) is 0 Å². The van der Waals surface area contributed by atoms with Gasteiger partial charge >= 0.3 is 0 Å². The van der Waals surface area contributed by atoms with Crippen molar-refractivity contribution in [2.75, 3.05) is 18.6 Å². The third-order valence-electron chi connectivity index (χ3n) is 5.02. The van der Waals surface area contributed by atoms with E-state index in [2.05, 4.69) is 9.97 Å². The second-order valence-electron chi connectivity index (χ2n) is 7.02. The number of carbonyl (C=O) groups is 1. The first kappa shape index (κ1) is 19.0. The number of amides is 1. The summed E-state index contributed by atoms with van der Waals surface area (Å²) >= 11 is 1.61. The zero-order chi connectivity index (χ0) is 19.7. The fourth-order valence-corrected chi connectivity index (χ4v) is 5.96. The van der Waals surface area contributed by atoms with Gasteiger partial charge in [-0.2, -0.15) is 0 Å².